The fourth-order valence-electron chi connectivity index (χ4n) is 3.21. The Morgan fingerprint density at radius 1 is 1.00 bits per heavy atom. The molecule has 0 radical (unpaired) electrons. The van der Waals surface area contributed by atoms with Crippen LogP contribution in [-0.4, -0.2) is 62.5 Å². The van der Waals surface area contributed by atoms with Gasteiger partial charge in [-0.3, -0.25) is 4.79 Å². The fourth-order valence-corrected chi connectivity index (χ4v) is 3.94. The SMILES string of the molecule is COC(=O)c1cc(C(=O)OC)cc(-n2c(C)cc(C(=O)CSc3nnnn3C)c2C)c1. The van der Waals surface area contributed by atoms with Gasteiger partial charge in [0.2, 0.25) is 5.16 Å². The van der Waals surface area contributed by atoms with E-state index < -0.39 is 11.9 Å². The van der Waals surface area contributed by atoms with Gasteiger partial charge in [0.25, 0.3) is 0 Å². The first kappa shape index (κ1) is 22.2. The largest absolute Gasteiger partial charge is 0.465 e. The Labute approximate surface area is 182 Å². The molecule has 162 valence electrons. The van der Waals surface area contributed by atoms with E-state index in [0.717, 1.165) is 5.69 Å². The molecule has 0 aliphatic heterocycles. The number of hydrogen-bond donors (Lipinski definition) is 0. The molecule has 1 aromatic carbocycles. The average molecular weight is 443 g/mol. The standard InChI is InChI=1S/C20H21N5O5S/c1-11-6-16(17(26)10-31-20-21-22-23-24(20)3)12(2)25(11)15-8-13(18(27)29-4)7-14(9-15)19(28)30-5/h6-9H,10H2,1-5H3. The number of rotatable bonds is 7. The van der Waals surface area contributed by atoms with Gasteiger partial charge in [-0.25, -0.2) is 14.3 Å². The quantitative estimate of drug-likeness (QED) is 0.307. The first-order valence-corrected chi connectivity index (χ1v) is 10.1. The number of thioether (sulfide) groups is 1. The van der Waals surface area contributed by atoms with Crippen molar-refractivity contribution in [1.29, 1.82) is 0 Å². The monoisotopic (exact) mass is 443 g/mol. The van der Waals surface area contributed by atoms with Crippen LogP contribution in [0.4, 0.5) is 0 Å². The number of aromatic nitrogens is 5. The lowest BCUT2D eigenvalue weighted by Crippen LogP contribution is -2.10. The fraction of sp³-hybridized carbons (Fsp3) is 0.300. The molecule has 10 nitrogen and oxygen atoms in total. The van der Waals surface area contributed by atoms with E-state index in [1.54, 1.807) is 36.7 Å². The highest BCUT2D eigenvalue weighted by Crippen LogP contribution is 2.25. The second kappa shape index (κ2) is 9.13. The van der Waals surface area contributed by atoms with Crippen molar-refractivity contribution in [2.45, 2.75) is 19.0 Å². The summed E-state index contributed by atoms with van der Waals surface area (Å²) in [5.41, 5.74) is 2.92. The number of hydrogen-bond acceptors (Lipinski definition) is 9. The van der Waals surface area contributed by atoms with Crippen LogP contribution < -0.4 is 0 Å². The molecule has 2 aromatic heterocycles. The Kier molecular flexibility index (Phi) is 6.54. The minimum atomic E-state index is -0.584. The number of ether oxygens (including phenoxy) is 2. The lowest BCUT2D eigenvalue weighted by molar-refractivity contribution is 0.0599. The van der Waals surface area contributed by atoms with Gasteiger partial charge in [0.15, 0.2) is 5.78 Å². The summed E-state index contributed by atoms with van der Waals surface area (Å²) >= 11 is 1.24. The van der Waals surface area contributed by atoms with Crippen molar-refractivity contribution in [3.8, 4) is 5.69 Å². The van der Waals surface area contributed by atoms with E-state index in [-0.39, 0.29) is 22.7 Å². The van der Waals surface area contributed by atoms with Crippen LogP contribution in [0.1, 0.15) is 42.5 Å². The second-order valence-corrected chi connectivity index (χ2v) is 7.61. The van der Waals surface area contributed by atoms with Crippen molar-refractivity contribution in [3.05, 3.63) is 52.3 Å². The number of benzene rings is 1. The summed E-state index contributed by atoms with van der Waals surface area (Å²) in [6, 6.07) is 6.39. The summed E-state index contributed by atoms with van der Waals surface area (Å²) in [5.74, 6) is -1.10. The van der Waals surface area contributed by atoms with Gasteiger partial charge in [-0.1, -0.05) is 11.8 Å². The maximum atomic E-state index is 12.9. The van der Waals surface area contributed by atoms with Gasteiger partial charge in [0, 0.05) is 29.7 Å². The van der Waals surface area contributed by atoms with Crippen LogP contribution in [0, 0.1) is 13.8 Å². The van der Waals surface area contributed by atoms with Gasteiger partial charge in [0.1, 0.15) is 0 Å². The maximum absolute atomic E-state index is 12.9. The van der Waals surface area contributed by atoms with E-state index in [0.29, 0.717) is 22.1 Å². The predicted molar refractivity (Wildman–Crippen MR) is 112 cm³/mol. The smallest absolute Gasteiger partial charge is 0.337 e. The molecular formula is C20H21N5O5S. The van der Waals surface area contributed by atoms with E-state index in [9.17, 15) is 14.4 Å². The molecule has 0 saturated heterocycles. The Bertz CT molecular complexity index is 1130. The molecule has 0 amide bonds. The van der Waals surface area contributed by atoms with Crippen molar-refractivity contribution in [2.75, 3.05) is 20.0 Å². The lowest BCUT2D eigenvalue weighted by atomic mass is 10.1. The van der Waals surface area contributed by atoms with E-state index in [4.69, 9.17) is 9.47 Å². The van der Waals surface area contributed by atoms with Gasteiger partial charge < -0.3 is 14.0 Å². The van der Waals surface area contributed by atoms with Crippen molar-refractivity contribution in [3.63, 3.8) is 0 Å². The third kappa shape index (κ3) is 4.50. The van der Waals surface area contributed by atoms with Crippen LogP contribution in [0.15, 0.2) is 29.4 Å². The van der Waals surface area contributed by atoms with Crippen LogP contribution in [0.5, 0.6) is 0 Å². The van der Waals surface area contributed by atoms with Gasteiger partial charge in [-0.2, -0.15) is 0 Å². The molecule has 11 heteroatoms. The first-order chi connectivity index (χ1) is 14.8. The number of ketones is 1. The highest BCUT2D eigenvalue weighted by molar-refractivity contribution is 7.99. The van der Waals surface area contributed by atoms with Crippen molar-refractivity contribution in [1.82, 2.24) is 24.8 Å². The lowest BCUT2D eigenvalue weighted by Gasteiger charge is -2.13. The molecule has 31 heavy (non-hydrogen) atoms. The average Bonchev–Trinajstić information content (AvgIpc) is 3.31. The molecule has 0 unspecified atom stereocenters. The number of nitrogens with zero attached hydrogens (tertiary/aromatic N) is 5. The second-order valence-electron chi connectivity index (χ2n) is 6.67. The van der Waals surface area contributed by atoms with Crippen LogP contribution >= 0.6 is 11.8 Å². The Hall–Kier alpha value is -3.47. The molecule has 0 aliphatic carbocycles. The third-order valence-electron chi connectivity index (χ3n) is 4.66. The van der Waals surface area contributed by atoms with Crippen LogP contribution in [0.2, 0.25) is 0 Å². The zero-order chi connectivity index (χ0) is 22.7. The summed E-state index contributed by atoms with van der Waals surface area (Å²) in [4.78, 5) is 37.1. The van der Waals surface area contributed by atoms with Crippen LogP contribution in [-0.2, 0) is 16.5 Å². The molecule has 3 rings (SSSR count). The molecule has 0 atom stereocenters. The number of carbonyl (C=O) groups excluding carboxylic acids is 3. The van der Waals surface area contributed by atoms with E-state index >= 15 is 0 Å². The highest BCUT2D eigenvalue weighted by atomic mass is 32.2. The van der Waals surface area contributed by atoms with Gasteiger partial charge >= 0.3 is 11.9 Å². The van der Waals surface area contributed by atoms with Gasteiger partial charge in [0.05, 0.1) is 31.1 Å². The summed E-state index contributed by atoms with van der Waals surface area (Å²) in [6.07, 6.45) is 0. The Morgan fingerprint density at radius 2 is 1.61 bits per heavy atom. The molecule has 0 fully saturated rings. The van der Waals surface area contributed by atoms with Gasteiger partial charge in [-0.15, -0.1) is 5.10 Å². The van der Waals surface area contributed by atoms with Crippen molar-refractivity contribution < 1.29 is 23.9 Å². The number of esters is 2. The molecule has 0 saturated carbocycles. The zero-order valence-corrected chi connectivity index (χ0v) is 18.5. The van der Waals surface area contributed by atoms with E-state index in [1.165, 1.54) is 36.7 Å². The molecule has 0 spiro atoms. The minimum Gasteiger partial charge on any atom is -0.465 e. The first-order valence-electron chi connectivity index (χ1n) is 9.16. The normalized spacial score (nSPS) is 10.7. The third-order valence-corrected chi connectivity index (χ3v) is 5.67. The molecule has 2 heterocycles. The molecule has 3 aromatic rings. The molecule has 0 aliphatic rings. The number of aryl methyl sites for hydroxylation is 2. The number of methoxy groups -OCH3 is 2. The number of carbonyl (C=O) groups is 3. The van der Waals surface area contributed by atoms with Crippen LogP contribution in [0.25, 0.3) is 5.69 Å². The predicted octanol–water partition coefficient (Wildman–Crippen LogP) is 2.17. The molecular weight excluding hydrogens is 422 g/mol. The molecule has 0 bridgehead atoms. The number of Topliss-reactive ketones (excluding diaryl/α,β-unsaturated/α-hetero) is 1. The summed E-state index contributed by atoms with van der Waals surface area (Å²) in [5, 5.41) is 11.7. The van der Waals surface area contributed by atoms with Crippen molar-refractivity contribution in [2.24, 2.45) is 7.05 Å². The van der Waals surface area contributed by atoms with E-state index in [1.807, 2.05) is 6.92 Å². The Morgan fingerprint density at radius 3 is 2.13 bits per heavy atom. The summed E-state index contributed by atoms with van der Waals surface area (Å²) < 4.78 is 12.9. The van der Waals surface area contributed by atoms with Gasteiger partial charge in [-0.05, 0) is 48.5 Å². The summed E-state index contributed by atoms with van der Waals surface area (Å²) in [7, 11) is 4.23. The highest BCUT2D eigenvalue weighted by Gasteiger charge is 2.20. The van der Waals surface area contributed by atoms with Crippen LogP contribution in [0.3, 0.4) is 0 Å². The molecule has 0 N–H and O–H groups in total. The maximum Gasteiger partial charge on any atom is 0.337 e. The zero-order valence-electron chi connectivity index (χ0n) is 17.7. The van der Waals surface area contributed by atoms with E-state index in [2.05, 4.69) is 15.5 Å². The van der Waals surface area contributed by atoms with Crippen molar-refractivity contribution >= 4 is 29.5 Å². The number of tetrazole rings is 1. The Balaban J connectivity index is 1.99. The topological polar surface area (TPSA) is 118 Å². The minimum absolute atomic E-state index is 0.0929. The summed E-state index contributed by atoms with van der Waals surface area (Å²) in [6.45, 7) is 3.64.